The molecular weight excluding hydrogens is 224 g/mol. The van der Waals surface area contributed by atoms with Gasteiger partial charge >= 0.3 is 0 Å². The summed E-state index contributed by atoms with van der Waals surface area (Å²) in [6.07, 6.45) is 1.96. The summed E-state index contributed by atoms with van der Waals surface area (Å²) in [5, 5.41) is 3.84. The molecular formula is C15H16N2O. The lowest BCUT2D eigenvalue weighted by Gasteiger charge is -2.04. The van der Waals surface area contributed by atoms with Gasteiger partial charge in [0.1, 0.15) is 0 Å². The zero-order valence-corrected chi connectivity index (χ0v) is 10.4. The largest absolute Gasteiger partial charge is 0.352 e. The predicted octanol–water partition coefficient (Wildman–Crippen LogP) is 2.39. The van der Waals surface area contributed by atoms with Gasteiger partial charge in [0.15, 0.2) is 0 Å². The fourth-order valence-electron chi connectivity index (χ4n) is 1.80. The summed E-state index contributed by atoms with van der Waals surface area (Å²) in [7, 11) is 0. The van der Waals surface area contributed by atoms with Crippen molar-refractivity contribution in [2.24, 2.45) is 0 Å². The van der Waals surface area contributed by atoms with E-state index in [4.69, 9.17) is 0 Å². The van der Waals surface area contributed by atoms with Gasteiger partial charge in [-0.15, -0.1) is 6.58 Å². The first-order chi connectivity index (χ1) is 8.69. The standard InChI is InChI=1S/C15H16N2O/c1-3-8-16-15(18)10-13-6-5-12-9-11(2)4-7-14(12)17-13/h3-7,9H,1,8,10H2,2H3,(H,16,18). The maximum absolute atomic E-state index is 11.6. The summed E-state index contributed by atoms with van der Waals surface area (Å²) < 4.78 is 0. The lowest BCUT2D eigenvalue weighted by atomic mass is 10.1. The van der Waals surface area contributed by atoms with Gasteiger partial charge < -0.3 is 5.32 Å². The predicted molar refractivity (Wildman–Crippen MR) is 73.4 cm³/mol. The number of aromatic nitrogens is 1. The van der Waals surface area contributed by atoms with Crippen molar-refractivity contribution in [2.75, 3.05) is 6.54 Å². The Labute approximate surface area is 107 Å². The monoisotopic (exact) mass is 240 g/mol. The van der Waals surface area contributed by atoms with Crippen LogP contribution in [-0.4, -0.2) is 17.4 Å². The number of aryl methyl sites for hydroxylation is 1. The molecule has 1 N–H and O–H groups in total. The second-order valence-electron chi connectivity index (χ2n) is 4.27. The summed E-state index contributed by atoms with van der Waals surface area (Å²) in [4.78, 5) is 16.0. The van der Waals surface area contributed by atoms with Gasteiger partial charge in [-0.25, -0.2) is 0 Å². The molecule has 1 aromatic heterocycles. The van der Waals surface area contributed by atoms with Crippen LogP contribution in [-0.2, 0) is 11.2 Å². The normalized spacial score (nSPS) is 10.3. The molecule has 0 saturated carbocycles. The number of carbonyl (C=O) groups excluding carboxylic acids is 1. The van der Waals surface area contributed by atoms with Crippen molar-refractivity contribution in [1.29, 1.82) is 0 Å². The number of amides is 1. The van der Waals surface area contributed by atoms with Gasteiger partial charge in [0.05, 0.1) is 17.6 Å². The Bertz CT molecular complexity index is 590. The Morgan fingerprint density at radius 2 is 2.22 bits per heavy atom. The van der Waals surface area contributed by atoms with E-state index >= 15 is 0 Å². The Kier molecular flexibility index (Phi) is 3.72. The summed E-state index contributed by atoms with van der Waals surface area (Å²) in [5.74, 6) is -0.0335. The highest BCUT2D eigenvalue weighted by molar-refractivity contribution is 5.82. The van der Waals surface area contributed by atoms with Crippen LogP contribution in [0.5, 0.6) is 0 Å². The van der Waals surface area contributed by atoms with Crippen molar-refractivity contribution >= 4 is 16.8 Å². The molecule has 0 unspecified atom stereocenters. The second kappa shape index (κ2) is 5.45. The van der Waals surface area contributed by atoms with E-state index in [1.54, 1.807) is 6.08 Å². The van der Waals surface area contributed by atoms with Crippen LogP contribution >= 0.6 is 0 Å². The molecule has 1 heterocycles. The Balaban J connectivity index is 2.17. The number of hydrogen-bond donors (Lipinski definition) is 1. The van der Waals surface area contributed by atoms with Crippen LogP contribution in [0.1, 0.15) is 11.3 Å². The van der Waals surface area contributed by atoms with E-state index in [2.05, 4.69) is 29.9 Å². The lowest BCUT2D eigenvalue weighted by Crippen LogP contribution is -2.25. The summed E-state index contributed by atoms with van der Waals surface area (Å²) in [6, 6.07) is 10.00. The number of rotatable bonds is 4. The summed E-state index contributed by atoms with van der Waals surface area (Å²) >= 11 is 0. The van der Waals surface area contributed by atoms with Crippen LogP contribution in [0.4, 0.5) is 0 Å². The van der Waals surface area contributed by atoms with Crippen molar-refractivity contribution in [2.45, 2.75) is 13.3 Å². The van der Waals surface area contributed by atoms with E-state index in [1.165, 1.54) is 5.56 Å². The van der Waals surface area contributed by atoms with Crippen LogP contribution in [0, 0.1) is 6.92 Å². The number of hydrogen-bond acceptors (Lipinski definition) is 2. The maximum atomic E-state index is 11.6. The molecule has 0 radical (unpaired) electrons. The molecule has 0 atom stereocenters. The number of carbonyl (C=O) groups is 1. The molecule has 0 aliphatic carbocycles. The average molecular weight is 240 g/mol. The van der Waals surface area contributed by atoms with E-state index in [9.17, 15) is 4.79 Å². The van der Waals surface area contributed by atoms with Gasteiger partial charge in [0.25, 0.3) is 0 Å². The van der Waals surface area contributed by atoms with Crippen LogP contribution in [0.2, 0.25) is 0 Å². The van der Waals surface area contributed by atoms with E-state index in [0.29, 0.717) is 13.0 Å². The van der Waals surface area contributed by atoms with Gasteiger partial charge in [-0.3, -0.25) is 9.78 Å². The number of benzene rings is 1. The zero-order valence-electron chi connectivity index (χ0n) is 10.4. The Morgan fingerprint density at radius 1 is 1.39 bits per heavy atom. The van der Waals surface area contributed by atoms with Gasteiger partial charge in [0, 0.05) is 11.9 Å². The van der Waals surface area contributed by atoms with Crippen molar-refractivity contribution in [3.63, 3.8) is 0 Å². The smallest absolute Gasteiger partial charge is 0.226 e. The molecule has 0 bridgehead atoms. The van der Waals surface area contributed by atoms with Crippen LogP contribution in [0.25, 0.3) is 10.9 Å². The molecule has 3 nitrogen and oxygen atoms in total. The van der Waals surface area contributed by atoms with Crippen LogP contribution < -0.4 is 5.32 Å². The third-order valence-electron chi connectivity index (χ3n) is 2.69. The lowest BCUT2D eigenvalue weighted by molar-refractivity contribution is -0.120. The van der Waals surface area contributed by atoms with Crippen molar-refractivity contribution in [1.82, 2.24) is 10.3 Å². The van der Waals surface area contributed by atoms with E-state index in [0.717, 1.165) is 16.6 Å². The van der Waals surface area contributed by atoms with Gasteiger partial charge in [0.2, 0.25) is 5.91 Å². The molecule has 2 aromatic rings. The highest BCUT2D eigenvalue weighted by atomic mass is 16.1. The third-order valence-corrected chi connectivity index (χ3v) is 2.69. The van der Waals surface area contributed by atoms with Gasteiger partial charge in [-0.1, -0.05) is 23.8 Å². The van der Waals surface area contributed by atoms with Crippen molar-refractivity contribution in [3.05, 3.63) is 54.2 Å². The zero-order chi connectivity index (χ0) is 13.0. The molecule has 1 amide bonds. The summed E-state index contributed by atoms with van der Waals surface area (Å²) in [6.45, 7) is 6.10. The minimum atomic E-state index is -0.0335. The minimum absolute atomic E-state index is 0.0335. The van der Waals surface area contributed by atoms with Gasteiger partial charge in [-0.05, 0) is 25.1 Å². The van der Waals surface area contributed by atoms with Crippen LogP contribution in [0.3, 0.4) is 0 Å². The molecule has 1 aromatic carbocycles. The molecule has 2 rings (SSSR count). The SMILES string of the molecule is C=CCNC(=O)Cc1ccc2cc(C)ccc2n1. The first-order valence-corrected chi connectivity index (χ1v) is 5.93. The average Bonchev–Trinajstić information content (AvgIpc) is 2.36. The summed E-state index contributed by atoms with van der Waals surface area (Å²) in [5.41, 5.74) is 2.92. The van der Waals surface area contributed by atoms with E-state index < -0.39 is 0 Å². The number of fused-ring (bicyclic) bond motifs is 1. The Morgan fingerprint density at radius 3 is 3.00 bits per heavy atom. The van der Waals surface area contributed by atoms with Crippen molar-refractivity contribution in [3.8, 4) is 0 Å². The highest BCUT2D eigenvalue weighted by Crippen LogP contribution is 2.14. The molecule has 0 spiro atoms. The van der Waals surface area contributed by atoms with Crippen molar-refractivity contribution < 1.29 is 4.79 Å². The van der Waals surface area contributed by atoms with Gasteiger partial charge in [-0.2, -0.15) is 0 Å². The highest BCUT2D eigenvalue weighted by Gasteiger charge is 2.04. The molecule has 0 fully saturated rings. The van der Waals surface area contributed by atoms with E-state index in [-0.39, 0.29) is 5.91 Å². The Hall–Kier alpha value is -2.16. The number of pyridine rings is 1. The molecule has 18 heavy (non-hydrogen) atoms. The topological polar surface area (TPSA) is 42.0 Å². The first kappa shape index (κ1) is 12.3. The fraction of sp³-hybridized carbons (Fsp3) is 0.200. The number of nitrogens with one attached hydrogen (secondary N) is 1. The second-order valence-corrected chi connectivity index (χ2v) is 4.27. The maximum Gasteiger partial charge on any atom is 0.226 e. The first-order valence-electron chi connectivity index (χ1n) is 5.93. The molecule has 92 valence electrons. The molecule has 0 saturated heterocycles. The number of nitrogens with zero attached hydrogens (tertiary/aromatic N) is 1. The van der Waals surface area contributed by atoms with Crippen LogP contribution in [0.15, 0.2) is 43.0 Å². The molecule has 0 aliphatic heterocycles. The van der Waals surface area contributed by atoms with E-state index in [1.807, 2.05) is 24.3 Å². The third kappa shape index (κ3) is 2.94. The molecule has 3 heteroatoms. The quantitative estimate of drug-likeness (QED) is 0.834. The fourth-order valence-corrected chi connectivity index (χ4v) is 1.80. The minimum Gasteiger partial charge on any atom is -0.352 e. The molecule has 0 aliphatic rings.